The average Bonchev–Trinajstić information content (AvgIpc) is 2.68. The molecule has 0 saturated heterocycles. The molecular formula is C20H26N2O5S. The lowest BCUT2D eigenvalue weighted by Gasteiger charge is -2.13. The van der Waals surface area contributed by atoms with Crippen LogP contribution in [-0.4, -0.2) is 46.4 Å². The van der Waals surface area contributed by atoms with Crippen LogP contribution in [0.3, 0.4) is 0 Å². The van der Waals surface area contributed by atoms with Crippen molar-refractivity contribution in [3.05, 3.63) is 48.0 Å². The number of ether oxygens (including phenoxy) is 2. The molecule has 0 unspecified atom stereocenters. The van der Waals surface area contributed by atoms with E-state index >= 15 is 0 Å². The van der Waals surface area contributed by atoms with E-state index in [-0.39, 0.29) is 10.8 Å². The van der Waals surface area contributed by atoms with Gasteiger partial charge >= 0.3 is 0 Å². The maximum Gasteiger partial charge on any atom is 0.255 e. The largest absolute Gasteiger partial charge is 0.493 e. The Morgan fingerprint density at radius 1 is 1.07 bits per heavy atom. The minimum atomic E-state index is -3.51. The number of sulfonamides is 1. The zero-order valence-corrected chi connectivity index (χ0v) is 17.4. The molecule has 28 heavy (non-hydrogen) atoms. The highest BCUT2D eigenvalue weighted by molar-refractivity contribution is 7.89. The van der Waals surface area contributed by atoms with Crippen molar-refractivity contribution in [3.63, 3.8) is 0 Å². The summed E-state index contributed by atoms with van der Waals surface area (Å²) in [5.41, 5.74) is 0.898. The molecule has 2 rings (SSSR count). The summed E-state index contributed by atoms with van der Waals surface area (Å²) in [4.78, 5) is 12.7. The van der Waals surface area contributed by atoms with E-state index in [1.165, 1.54) is 33.3 Å². The van der Waals surface area contributed by atoms with E-state index in [2.05, 4.69) is 12.2 Å². The summed E-state index contributed by atoms with van der Waals surface area (Å²) in [5, 5.41) is 2.75. The van der Waals surface area contributed by atoms with Crippen molar-refractivity contribution in [1.29, 1.82) is 0 Å². The van der Waals surface area contributed by atoms with Gasteiger partial charge in [0.1, 0.15) is 0 Å². The molecule has 0 saturated carbocycles. The molecule has 152 valence electrons. The molecule has 0 spiro atoms. The van der Waals surface area contributed by atoms with Crippen LogP contribution in [0.1, 0.15) is 30.1 Å². The number of hydrogen-bond acceptors (Lipinski definition) is 5. The van der Waals surface area contributed by atoms with Crippen LogP contribution in [0.25, 0.3) is 0 Å². The molecule has 0 aliphatic heterocycles. The number of carbonyl (C=O) groups excluding carboxylic acids is 1. The van der Waals surface area contributed by atoms with Gasteiger partial charge < -0.3 is 14.8 Å². The fourth-order valence-corrected chi connectivity index (χ4v) is 3.28. The van der Waals surface area contributed by atoms with Gasteiger partial charge in [-0.2, -0.15) is 0 Å². The fraction of sp³-hybridized carbons (Fsp3) is 0.350. The summed E-state index contributed by atoms with van der Waals surface area (Å²) < 4.78 is 36.3. The summed E-state index contributed by atoms with van der Waals surface area (Å²) in [5.74, 6) is 0.739. The number of nitrogens with zero attached hydrogens (tertiary/aromatic N) is 1. The summed E-state index contributed by atoms with van der Waals surface area (Å²) in [6, 6.07) is 11.0. The molecule has 0 aromatic heterocycles. The lowest BCUT2D eigenvalue weighted by atomic mass is 10.2. The molecule has 0 bridgehead atoms. The van der Waals surface area contributed by atoms with Gasteiger partial charge in [0.15, 0.2) is 11.5 Å². The summed E-state index contributed by atoms with van der Waals surface area (Å²) in [7, 11) is 0.946. The maximum absolute atomic E-state index is 12.5. The van der Waals surface area contributed by atoms with Crippen molar-refractivity contribution in [3.8, 4) is 11.5 Å². The molecule has 0 radical (unpaired) electrons. The highest BCUT2D eigenvalue weighted by Gasteiger charge is 2.17. The van der Waals surface area contributed by atoms with Gasteiger partial charge in [-0.1, -0.05) is 13.3 Å². The van der Waals surface area contributed by atoms with Crippen LogP contribution >= 0.6 is 0 Å². The third-order valence-corrected chi connectivity index (χ3v) is 5.90. The minimum Gasteiger partial charge on any atom is -0.493 e. The number of nitrogens with one attached hydrogen (secondary N) is 1. The van der Waals surface area contributed by atoms with E-state index < -0.39 is 10.0 Å². The summed E-state index contributed by atoms with van der Waals surface area (Å²) in [6.45, 7) is 2.66. The zero-order chi connectivity index (χ0) is 20.7. The SMILES string of the molecule is CCCCOc1ccc(C(=O)Nc2ccc(S(=O)(=O)N(C)C)cc2)cc1OC. The van der Waals surface area contributed by atoms with Gasteiger partial charge in [0.2, 0.25) is 10.0 Å². The van der Waals surface area contributed by atoms with Crippen molar-refractivity contribution in [2.45, 2.75) is 24.7 Å². The van der Waals surface area contributed by atoms with E-state index in [9.17, 15) is 13.2 Å². The number of rotatable bonds is 9. The highest BCUT2D eigenvalue weighted by Crippen LogP contribution is 2.28. The standard InChI is InChI=1S/C20H26N2O5S/c1-5-6-13-27-18-12-7-15(14-19(18)26-4)20(23)21-16-8-10-17(11-9-16)28(24,25)22(2)3/h7-12,14H,5-6,13H2,1-4H3,(H,21,23). The van der Waals surface area contributed by atoms with Crippen LogP contribution in [-0.2, 0) is 10.0 Å². The number of benzene rings is 2. The van der Waals surface area contributed by atoms with Crippen LogP contribution in [0.4, 0.5) is 5.69 Å². The van der Waals surface area contributed by atoms with E-state index in [0.717, 1.165) is 17.1 Å². The molecule has 7 nitrogen and oxygen atoms in total. The fourth-order valence-electron chi connectivity index (χ4n) is 2.38. The first kappa shape index (κ1) is 21.7. The third kappa shape index (κ3) is 5.24. The normalized spacial score (nSPS) is 11.3. The first-order valence-electron chi connectivity index (χ1n) is 8.94. The van der Waals surface area contributed by atoms with Gasteiger partial charge in [0.25, 0.3) is 5.91 Å². The Morgan fingerprint density at radius 2 is 1.75 bits per heavy atom. The van der Waals surface area contributed by atoms with Gasteiger partial charge in [-0.15, -0.1) is 0 Å². The first-order chi connectivity index (χ1) is 13.3. The summed E-state index contributed by atoms with van der Waals surface area (Å²) >= 11 is 0. The Balaban J connectivity index is 2.12. The van der Waals surface area contributed by atoms with E-state index in [0.29, 0.717) is 29.4 Å². The number of anilines is 1. The van der Waals surface area contributed by atoms with Crippen molar-refractivity contribution in [1.82, 2.24) is 4.31 Å². The Kier molecular flexibility index (Phi) is 7.42. The first-order valence-corrected chi connectivity index (χ1v) is 10.4. The predicted molar refractivity (Wildman–Crippen MR) is 109 cm³/mol. The second-order valence-corrected chi connectivity index (χ2v) is 8.49. The molecule has 1 N–H and O–H groups in total. The van der Waals surface area contributed by atoms with Gasteiger partial charge in [-0.05, 0) is 48.9 Å². The maximum atomic E-state index is 12.5. The summed E-state index contributed by atoms with van der Waals surface area (Å²) in [6.07, 6.45) is 1.96. The Morgan fingerprint density at radius 3 is 2.32 bits per heavy atom. The lowest BCUT2D eigenvalue weighted by Crippen LogP contribution is -2.22. The van der Waals surface area contributed by atoms with Crippen LogP contribution in [0.2, 0.25) is 0 Å². The van der Waals surface area contributed by atoms with Gasteiger partial charge in [-0.25, -0.2) is 12.7 Å². The Hall–Kier alpha value is -2.58. The molecule has 0 heterocycles. The topological polar surface area (TPSA) is 84.9 Å². The Bertz CT molecular complexity index is 909. The number of unbranched alkanes of at least 4 members (excludes halogenated alkanes) is 1. The quantitative estimate of drug-likeness (QED) is 0.646. The van der Waals surface area contributed by atoms with Crippen LogP contribution in [0.15, 0.2) is 47.4 Å². The molecule has 0 atom stereocenters. The van der Waals surface area contributed by atoms with Gasteiger partial charge in [0, 0.05) is 25.3 Å². The molecule has 1 amide bonds. The smallest absolute Gasteiger partial charge is 0.255 e. The minimum absolute atomic E-state index is 0.158. The molecule has 0 aliphatic rings. The lowest BCUT2D eigenvalue weighted by molar-refractivity contribution is 0.102. The van der Waals surface area contributed by atoms with Crippen molar-refractivity contribution < 1.29 is 22.7 Å². The molecule has 0 fully saturated rings. The highest BCUT2D eigenvalue weighted by atomic mass is 32.2. The number of carbonyl (C=O) groups is 1. The van der Waals surface area contributed by atoms with Crippen molar-refractivity contribution in [2.24, 2.45) is 0 Å². The Labute approximate surface area is 166 Å². The third-order valence-electron chi connectivity index (χ3n) is 4.07. The average molecular weight is 407 g/mol. The van der Waals surface area contributed by atoms with Crippen molar-refractivity contribution in [2.75, 3.05) is 33.1 Å². The molecule has 2 aromatic carbocycles. The van der Waals surface area contributed by atoms with E-state index in [1.807, 2.05) is 0 Å². The van der Waals surface area contributed by atoms with E-state index in [1.54, 1.807) is 30.3 Å². The van der Waals surface area contributed by atoms with Crippen LogP contribution in [0, 0.1) is 0 Å². The second kappa shape index (κ2) is 9.57. The van der Waals surface area contributed by atoms with E-state index in [4.69, 9.17) is 9.47 Å². The zero-order valence-electron chi connectivity index (χ0n) is 16.6. The molecule has 0 aliphatic carbocycles. The number of amides is 1. The monoisotopic (exact) mass is 406 g/mol. The van der Waals surface area contributed by atoms with Crippen molar-refractivity contribution >= 4 is 21.6 Å². The number of hydrogen-bond donors (Lipinski definition) is 1. The van der Waals surface area contributed by atoms with Crippen LogP contribution in [0.5, 0.6) is 11.5 Å². The predicted octanol–water partition coefficient (Wildman–Crippen LogP) is 3.38. The second-order valence-electron chi connectivity index (χ2n) is 6.33. The van der Waals surface area contributed by atoms with Crippen LogP contribution < -0.4 is 14.8 Å². The number of methoxy groups -OCH3 is 1. The molecule has 2 aromatic rings. The van der Waals surface area contributed by atoms with Gasteiger partial charge in [-0.3, -0.25) is 4.79 Å². The molecule has 8 heteroatoms. The molecular weight excluding hydrogens is 380 g/mol. The van der Waals surface area contributed by atoms with Gasteiger partial charge in [0.05, 0.1) is 18.6 Å².